The Balaban J connectivity index is 2.65. The maximum absolute atomic E-state index is 11.8. The maximum atomic E-state index is 11.8. The summed E-state index contributed by atoms with van der Waals surface area (Å²) in [6.45, 7) is 5.03. The molecule has 0 aliphatic carbocycles. The predicted octanol–water partition coefficient (Wildman–Crippen LogP) is 1.04. The highest BCUT2D eigenvalue weighted by molar-refractivity contribution is 5.69. The zero-order valence-corrected chi connectivity index (χ0v) is 11.8. The minimum Gasteiger partial charge on any atom is -0.464 e. The highest BCUT2D eigenvalue weighted by Gasteiger charge is 2.08. The normalized spacial score (nSPS) is 10.3. The van der Waals surface area contributed by atoms with Gasteiger partial charge in [-0.2, -0.15) is 5.10 Å². The molecule has 0 fully saturated rings. The number of esters is 1. The molecule has 6 heteroatoms. The fourth-order valence-electron chi connectivity index (χ4n) is 1.43. The van der Waals surface area contributed by atoms with Crippen molar-refractivity contribution in [3.63, 3.8) is 0 Å². The molecule has 1 heterocycles. The van der Waals surface area contributed by atoms with Crippen molar-refractivity contribution >= 4 is 11.7 Å². The SMILES string of the molecule is CCCCOC(=O)Cn1ncc(N(C)CC)cc1=O. The third kappa shape index (κ3) is 4.73. The number of anilines is 1. The number of hydrogen-bond acceptors (Lipinski definition) is 5. The second-order valence-electron chi connectivity index (χ2n) is 4.30. The zero-order chi connectivity index (χ0) is 14.3. The van der Waals surface area contributed by atoms with Crippen molar-refractivity contribution in [3.05, 3.63) is 22.6 Å². The minimum atomic E-state index is -0.431. The fourth-order valence-corrected chi connectivity index (χ4v) is 1.43. The molecule has 0 aromatic carbocycles. The van der Waals surface area contributed by atoms with Crippen molar-refractivity contribution in [2.24, 2.45) is 0 Å². The van der Waals surface area contributed by atoms with E-state index < -0.39 is 5.97 Å². The molecule has 0 spiro atoms. The number of hydrogen-bond donors (Lipinski definition) is 0. The molecule has 0 saturated carbocycles. The molecule has 0 aliphatic rings. The van der Waals surface area contributed by atoms with E-state index in [1.54, 1.807) is 6.20 Å². The summed E-state index contributed by atoms with van der Waals surface area (Å²) in [5, 5.41) is 3.98. The summed E-state index contributed by atoms with van der Waals surface area (Å²) >= 11 is 0. The predicted molar refractivity (Wildman–Crippen MR) is 73.3 cm³/mol. The zero-order valence-electron chi connectivity index (χ0n) is 11.8. The van der Waals surface area contributed by atoms with Gasteiger partial charge in [-0.1, -0.05) is 13.3 Å². The molecule has 106 valence electrons. The van der Waals surface area contributed by atoms with E-state index >= 15 is 0 Å². The van der Waals surface area contributed by atoms with Gasteiger partial charge in [0.15, 0.2) is 0 Å². The van der Waals surface area contributed by atoms with Crippen LogP contribution >= 0.6 is 0 Å². The van der Waals surface area contributed by atoms with E-state index in [1.165, 1.54) is 6.07 Å². The van der Waals surface area contributed by atoms with Gasteiger partial charge in [0, 0.05) is 19.7 Å². The lowest BCUT2D eigenvalue weighted by atomic mass is 10.4. The number of ether oxygens (including phenoxy) is 1. The van der Waals surface area contributed by atoms with E-state index in [4.69, 9.17) is 4.74 Å². The van der Waals surface area contributed by atoms with Crippen LogP contribution in [0.1, 0.15) is 26.7 Å². The van der Waals surface area contributed by atoms with Crippen LogP contribution in [0, 0.1) is 0 Å². The van der Waals surface area contributed by atoms with Gasteiger partial charge in [0.2, 0.25) is 0 Å². The van der Waals surface area contributed by atoms with Gasteiger partial charge in [-0.3, -0.25) is 9.59 Å². The van der Waals surface area contributed by atoms with Crippen LogP contribution < -0.4 is 10.5 Å². The standard InChI is InChI=1S/C13H21N3O3/c1-4-6-7-19-13(18)10-16-12(17)8-11(9-14-16)15(3)5-2/h8-9H,4-7,10H2,1-3H3. The van der Waals surface area contributed by atoms with Gasteiger partial charge >= 0.3 is 5.97 Å². The first-order valence-electron chi connectivity index (χ1n) is 6.52. The summed E-state index contributed by atoms with van der Waals surface area (Å²) in [6.07, 6.45) is 3.36. The summed E-state index contributed by atoms with van der Waals surface area (Å²) in [4.78, 5) is 25.2. The Morgan fingerprint density at radius 2 is 2.21 bits per heavy atom. The smallest absolute Gasteiger partial charge is 0.327 e. The maximum Gasteiger partial charge on any atom is 0.327 e. The molecule has 0 unspecified atom stereocenters. The summed E-state index contributed by atoms with van der Waals surface area (Å²) in [5.74, 6) is -0.431. The van der Waals surface area contributed by atoms with Crippen molar-refractivity contribution in [1.82, 2.24) is 9.78 Å². The van der Waals surface area contributed by atoms with E-state index in [1.807, 2.05) is 25.8 Å². The molecule has 1 rings (SSSR count). The van der Waals surface area contributed by atoms with Crippen molar-refractivity contribution in [2.75, 3.05) is 25.1 Å². The molecule has 6 nitrogen and oxygen atoms in total. The largest absolute Gasteiger partial charge is 0.464 e. The number of carbonyl (C=O) groups is 1. The van der Waals surface area contributed by atoms with Crippen LogP contribution in [-0.2, 0) is 16.1 Å². The summed E-state index contributed by atoms with van der Waals surface area (Å²) < 4.78 is 6.10. The lowest BCUT2D eigenvalue weighted by Gasteiger charge is -2.16. The molecule has 0 atom stereocenters. The highest BCUT2D eigenvalue weighted by Crippen LogP contribution is 2.05. The summed E-state index contributed by atoms with van der Waals surface area (Å²) in [5.41, 5.74) is 0.438. The molecule has 0 amide bonds. The molecule has 0 bridgehead atoms. The van der Waals surface area contributed by atoms with E-state index in [2.05, 4.69) is 5.10 Å². The number of aromatic nitrogens is 2. The average molecular weight is 267 g/mol. The molecule has 0 N–H and O–H groups in total. The first kappa shape index (κ1) is 15.2. The van der Waals surface area contributed by atoms with Crippen molar-refractivity contribution in [3.8, 4) is 0 Å². The van der Waals surface area contributed by atoms with Crippen molar-refractivity contribution < 1.29 is 9.53 Å². The summed E-state index contributed by atoms with van der Waals surface area (Å²) in [6, 6.07) is 1.47. The van der Waals surface area contributed by atoms with E-state index in [0.29, 0.717) is 6.61 Å². The van der Waals surface area contributed by atoms with E-state index in [0.717, 1.165) is 29.8 Å². The van der Waals surface area contributed by atoms with Gasteiger partial charge < -0.3 is 9.64 Å². The Kier molecular flexibility index (Phi) is 6.05. The van der Waals surface area contributed by atoms with Crippen LogP contribution in [0.2, 0.25) is 0 Å². The average Bonchev–Trinajstić information content (AvgIpc) is 2.40. The van der Waals surface area contributed by atoms with E-state index in [-0.39, 0.29) is 12.1 Å². The quantitative estimate of drug-likeness (QED) is 0.545. The monoisotopic (exact) mass is 267 g/mol. The first-order valence-corrected chi connectivity index (χ1v) is 6.52. The van der Waals surface area contributed by atoms with Crippen molar-refractivity contribution in [2.45, 2.75) is 33.2 Å². The van der Waals surface area contributed by atoms with Crippen LogP contribution in [-0.4, -0.2) is 35.9 Å². The molecular formula is C13H21N3O3. The van der Waals surface area contributed by atoms with Gasteiger partial charge in [0.05, 0.1) is 18.5 Å². The number of carbonyl (C=O) groups excluding carboxylic acids is 1. The summed E-state index contributed by atoms with van der Waals surface area (Å²) in [7, 11) is 1.87. The Labute approximate surface area is 113 Å². The Bertz CT molecular complexity index is 470. The second kappa shape index (κ2) is 7.56. The highest BCUT2D eigenvalue weighted by atomic mass is 16.5. The number of rotatable bonds is 7. The molecule has 1 aromatic heterocycles. The van der Waals surface area contributed by atoms with Gasteiger partial charge in [0.25, 0.3) is 5.56 Å². The van der Waals surface area contributed by atoms with Crippen LogP contribution in [0.5, 0.6) is 0 Å². The number of unbranched alkanes of at least 4 members (excludes halogenated alkanes) is 1. The number of nitrogens with zero attached hydrogens (tertiary/aromatic N) is 3. The first-order chi connectivity index (χ1) is 9.08. The van der Waals surface area contributed by atoms with E-state index in [9.17, 15) is 9.59 Å². The lowest BCUT2D eigenvalue weighted by molar-refractivity contribution is -0.144. The lowest BCUT2D eigenvalue weighted by Crippen LogP contribution is -2.29. The van der Waals surface area contributed by atoms with Gasteiger partial charge in [-0.15, -0.1) is 0 Å². The second-order valence-corrected chi connectivity index (χ2v) is 4.30. The Morgan fingerprint density at radius 1 is 1.47 bits per heavy atom. The molecule has 19 heavy (non-hydrogen) atoms. The Hall–Kier alpha value is -1.85. The molecule has 1 aromatic rings. The van der Waals surface area contributed by atoms with Crippen LogP contribution in [0.15, 0.2) is 17.1 Å². The van der Waals surface area contributed by atoms with Gasteiger partial charge in [0.1, 0.15) is 6.54 Å². The molecular weight excluding hydrogens is 246 g/mol. The molecule has 0 saturated heterocycles. The third-order valence-electron chi connectivity index (χ3n) is 2.81. The molecule has 0 radical (unpaired) electrons. The fraction of sp³-hybridized carbons (Fsp3) is 0.615. The topological polar surface area (TPSA) is 64.4 Å². The third-order valence-corrected chi connectivity index (χ3v) is 2.81. The Morgan fingerprint density at radius 3 is 2.79 bits per heavy atom. The van der Waals surface area contributed by atoms with Crippen LogP contribution in [0.25, 0.3) is 0 Å². The minimum absolute atomic E-state index is 0.140. The van der Waals surface area contributed by atoms with Crippen LogP contribution in [0.3, 0.4) is 0 Å². The van der Waals surface area contributed by atoms with Crippen LogP contribution in [0.4, 0.5) is 5.69 Å². The van der Waals surface area contributed by atoms with Gasteiger partial charge in [-0.25, -0.2) is 4.68 Å². The van der Waals surface area contributed by atoms with Gasteiger partial charge in [-0.05, 0) is 13.3 Å². The van der Waals surface area contributed by atoms with Crippen molar-refractivity contribution in [1.29, 1.82) is 0 Å². The molecule has 0 aliphatic heterocycles.